The van der Waals surface area contributed by atoms with Gasteiger partial charge in [-0.3, -0.25) is 0 Å². The average Bonchev–Trinajstić information content (AvgIpc) is 2.47. The van der Waals surface area contributed by atoms with Crippen LogP contribution in [0.5, 0.6) is 5.75 Å². The van der Waals surface area contributed by atoms with Gasteiger partial charge in [-0.05, 0) is 13.0 Å². The predicted octanol–water partition coefficient (Wildman–Crippen LogP) is 2.36. The van der Waals surface area contributed by atoms with E-state index in [1.807, 2.05) is 37.3 Å². The lowest BCUT2D eigenvalue weighted by molar-refractivity contribution is 0.337. The van der Waals surface area contributed by atoms with Crippen LogP contribution >= 0.6 is 0 Å². The lowest BCUT2D eigenvalue weighted by atomic mass is 10.2. The zero-order valence-electron chi connectivity index (χ0n) is 10.6. The molecular formula is C14H14N4O. The molecule has 96 valence electrons. The lowest BCUT2D eigenvalue weighted by Gasteiger charge is -2.11. The molecule has 2 rings (SSSR count). The highest BCUT2D eigenvalue weighted by Crippen LogP contribution is 2.19. The zero-order chi connectivity index (χ0) is 13.5. The van der Waals surface area contributed by atoms with Gasteiger partial charge in [-0.25, -0.2) is 9.97 Å². The number of ether oxygens (including phenoxy) is 1. The molecule has 0 bridgehead atoms. The van der Waals surface area contributed by atoms with E-state index in [0.29, 0.717) is 19.0 Å². The maximum Gasteiger partial charge on any atom is 0.182 e. The van der Waals surface area contributed by atoms with Gasteiger partial charge < -0.3 is 10.1 Å². The van der Waals surface area contributed by atoms with Gasteiger partial charge in [0.2, 0.25) is 0 Å². The number of rotatable bonds is 5. The van der Waals surface area contributed by atoms with E-state index in [0.717, 1.165) is 11.3 Å². The van der Waals surface area contributed by atoms with Crippen molar-refractivity contribution in [2.24, 2.45) is 0 Å². The van der Waals surface area contributed by atoms with Crippen LogP contribution in [0.3, 0.4) is 0 Å². The summed E-state index contributed by atoms with van der Waals surface area (Å²) in [7, 11) is 0. The van der Waals surface area contributed by atoms with Crippen molar-refractivity contribution in [1.29, 1.82) is 5.26 Å². The van der Waals surface area contributed by atoms with Crippen molar-refractivity contribution in [3.63, 3.8) is 0 Å². The van der Waals surface area contributed by atoms with Gasteiger partial charge in [-0.15, -0.1) is 0 Å². The summed E-state index contributed by atoms with van der Waals surface area (Å²) in [6.07, 6.45) is 3.05. The summed E-state index contributed by atoms with van der Waals surface area (Å²) in [5.41, 5.74) is 1.30. The number of anilines is 1. The third-order valence-electron chi connectivity index (χ3n) is 2.52. The maximum absolute atomic E-state index is 8.94. The van der Waals surface area contributed by atoms with Crippen molar-refractivity contribution in [3.05, 3.63) is 47.9 Å². The summed E-state index contributed by atoms with van der Waals surface area (Å²) in [5, 5.41) is 12.0. The fourth-order valence-corrected chi connectivity index (χ4v) is 1.67. The van der Waals surface area contributed by atoms with Crippen molar-refractivity contribution in [2.75, 3.05) is 11.9 Å². The molecule has 5 nitrogen and oxygen atoms in total. The van der Waals surface area contributed by atoms with Crippen molar-refractivity contribution in [1.82, 2.24) is 9.97 Å². The van der Waals surface area contributed by atoms with Gasteiger partial charge in [0.25, 0.3) is 0 Å². The van der Waals surface area contributed by atoms with Crippen molar-refractivity contribution < 1.29 is 4.74 Å². The smallest absolute Gasteiger partial charge is 0.182 e. The monoisotopic (exact) mass is 254 g/mol. The van der Waals surface area contributed by atoms with Crippen LogP contribution in [0.2, 0.25) is 0 Å². The summed E-state index contributed by atoms with van der Waals surface area (Å²) >= 11 is 0. The molecule has 19 heavy (non-hydrogen) atoms. The van der Waals surface area contributed by atoms with Gasteiger partial charge >= 0.3 is 0 Å². The minimum absolute atomic E-state index is 0.288. The highest BCUT2D eigenvalue weighted by atomic mass is 16.5. The molecule has 0 spiro atoms. The largest absolute Gasteiger partial charge is 0.494 e. The molecule has 0 fully saturated rings. The Morgan fingerprint density at radius 3 is 2.84 bits per heavy atom. The van der Waals surface area contributed by atoms with Gasteiger partial charge in [-0.1, -0.05) is 18.2 Å². The molecule has 0 amide bonds. The van der Waals surface area contributed by atoms with Crippen molar-refractivity contribution in [3.8, 4) is 11.8 Å². The molecule has 0 aliphatic carbocycles. The number of para-hydroxylation sites is 1. The summed E-state index contributed by atoms with van der Waals surface area (Å²) < 4.78 is 5.54. The molecule has 0 unspecified atom stereocenters. The fraction of sp³-hybridized carbons (Fsp3) is 0.214. The van der Waals surface area contributed by atoms with E-state index in [1.54, 1.807) is 6.20 Å². The fourth-order valence-electron chi connectivity index (χ4n) is 1.67. The van der Waals surface area contributed by atoms with Crippen LogP contribution in [0, 0.1) is 11.3 Å². The van der Waals surface area contributed by atoms with E-state index in [9.17, 15) is 0 Å². The average molecular weight is 254 g/mol. The van der Waals surface area contributed by atoms with Crippen LogP contribution < -0.4 is 10.1 Å². The van der Waals surface area contributed by atoms with E-state index < -0.39 is 0 Å². The van der Waals surface area contributed by atoms with Gasteiger partial charge in [0, 0.05) is 24.5 Å². The van der Waals surface area contributed by atoms with E-state index in [-0.39, 0.29) is 5.69 Å². The van der Waals surface area contributed by atoms with Crippen LogP contribution in [0.4, 0.5) is 5.82 Å². The molecule has 1 aromatic carbocycles. The van der Waals surface area contributed by atoms with E-state index >= 15 is 0 Å². The number of benzene rings is 1. The highest BCUT2D eigenvalue weighted by Gasteiger charge is 2.06. The zero-order valence-corrected chi connectivity index (χ0v) is 10.6. The van der Waals surface area contributed by atoms with Gasteiger partial charge in [0.15, 0.2) is 11.5 Å². The second kappa shape index (κ2) is 6.36. The topological polar surface area (TPSA) is 70.8 Å². The Hall–Kier alpha value is -2.61. The second-order valence-electron chi connectivity index (χ2n) is 3.76. The predicted molar refractivity (Wildman–Crippen MR) is 71.7 cm³/mol. The summed E-state index contributed by atoms with van der Waals surface area (Å²) in [6, 6.07) is 9.77. The number of aromatic nitrogens is 2. The van der Waals surface area contributed by atoms with Crippen molar-refractivity contribution in [2.45, 2.75) is 13.5 Å². The molecule has 0 aliphatic heterocycles. The Morgan fingerprint density at radius 1 is 1.26 bits per heavy atom. The van der Waals surface area contributed by atoms with Gasteiger partial charge in [-0.2, -0.15) is 5.26 Å². The van der Waals surface area contributed by atoms with Crippen LogP contribution in [-0.4, -0.2) is 16.6 Å². The third kappa shape index (κ3) is 3.19. The standard InChI is InChI=1S/C14H14N4O/c1-2-19-13-6-4-3-5-11(13)10-18-14-12(9-15)16-7-8-17-14/h3-8H,2,10H2,1H3,(H,17,18). The number of hydrogen-bond acceptors (Lipinski definition) is 5. The van der Waals surface area contributed by atoms with Crippen LogP contribution in [0.15, 0.2) is 36.7 Å². The normalized spacial score (nSPS) is 9.68. The molecule has 0 aliphatic rings. The highest BCUT2D eigenvalue weighted by molar-refractivity contribution is 5.48. The minimum atomic E-state index is 0.288. The summed E-state index contributed by atoms with van der Waals surface area (Å²) in [4.78, 5) is 8.05. The van der Waals surface area contributed by atoms with E-state index in [2.05, 4.69) is 15.3 Å². The molecular weight excluding hydrogens is 240 g/mol. The molecule has 0 atom stereocenters. The SMILES string of the molecule is CCOc1ccccc1CNc1nccnc1C#N. The van der Waals surface area contributed by atoms with Crippen molar-refractivity contribution >= 4 is 5.82 Å². The molecule has 0 saturated carbocycles. The Kier molecular flexibility index (Phi) is 4.29. The van der Waals surface area contributed by atoms with Crippen LogP contribution in [0.25, 0.3) is 0 Å². The Bertz CT molecular complexity index is 592. The van der Waals surface area contributed by atoms with Gasteiger partial charge in [0.05, 0.1) is 6.61 Å². The number of nitrogens with one attached hydrogen (secondary N) is 1. The first kappa shape index (κ1) is 12.8. The Labute approximate surface area is 111 Å². The quantitative estimate of drug-likeness (QED) is 0.886. The molecule has 1 aromatic heterocycles. The number of nitrogens with zero attached hydrogens (tertiary/aromatic N) is 3. The Balaban J connectivity index is 2.13. The third-order valence-corrected chi connectivity index (χ3v) is 2.52. The van der Waals surface area contributed by atoms with Crippen LogP contribution in [0.1, 0.15) is 18.2 Å². The first-order valence-corrected chi connectivity index (χ1v) is 6.00. The van der Waals surface area contributed by atoms with Gasteiger partial charge in [0.1, 0.15) is 11.8 Å². The lowest BCUT2D eigenvalue weighted by Crippen LogP contribution is -2.06. The number of hydrogen-bond donors (Lipinski definition) is 1. The summed E-state index contributed by atoms with van der Waals surface area (Å²) in [6.45, 7) is 3.09. The molecule has 1 N–H and O–H groups in total. The molecule has 5 heteroatoms. The van der Waals surface area contributed by atoms with E-state index in [4.69, 9.17) is 10.00 Å². The molecule has 0 saturated heterocycles. The maximum atomic E-state index is 8.94. The first-order valence-electron chi connectivity index (χ1n) is 6.00. The van der Waals surface area contributed by atoms with Crippen LogP contribution in [-0.2, 0) is 6.54 Å². The molecule has 0 radical (unpaired) electrons. The summed E-state index contributed by atoms with van der Waals surface area (Å²) in [5.74, 6) is 1.32. The number of nitriles is 1. The second-order valence-corrected chi connectivity index (χ2v) is 3.76. The first-order chi connectivity index (χ1) is 9.35. The molecule has 2 aromatic rings. The molecule has 1 heterocycles. The van der Waals surface area contributed by atoms with E-state index in [1.165, 1.54) is 6.20 Å². The Morgan fingerprint density at radius 2 is 2.05 bits per heavy atom. The minimum Gasteiger partial charge on any atom is -0.494 e.